The van der Waals surface area contributed by atoms with Gasteiger partial charge in [0.05, 0.1) is 12.7 Å². The Kier molecular flexibility index (Phi) is 17.2. The Balaban J connectivity index is 1.80. The van der Waals surface area contributed by atoms with Gasteiger partial charge in [0.1, 0.15) is 0 Å². The highest BCUT2D eigenvalue weighted by Gasteiger charge is 2.03. The van der Waals surface area contributed by atoms with Gasteiger partial charge in [-0.3, -0.25) is 0 Å². The van der Waals surface area contributed by atoms with Crippen LogP contribution in [0.2, 0.25) is 0 Å². The van der Waals surface area contributed by atoms with Gasteiger partial charge in [-0.1, -0.05) is 110 Å². The Morgan fingerprint density at radius 1 is 0.667 bits per heavy atom. The molecule has 0 heterocycles. The zero-order valence-corrected chi connectivity index (χ0v) is 19.9. The highest BCUT2D eigenvalue weighted by Crippen LogP contribution is 2.14. The summed E-state index contributed by atoms with van der Waals surface area (Å²) in [7, 11) is 1.41. The maximum atomic E-state index is 11.4. The Hall–Kier alpha value is -1.51. The quantitative estimate of drug-likeness (QED) is 0.171. The topological polar surface area (TPSA) is 38.3 Å². The summed E-state index contributed by atoms with van der Waals surface area (Å²) in [6.45, 7) is 3.28. The van der Waals surface area contributed by atoms with Crippen LogP contribution >= 0.6 is 0 Å². The van der Waals surface area contributed by atoms with E-state index >= 15 is 0 Å². The molecule has 3 nitrogen and oxygen atoms in total. The van der Waals surface area contributed by atoms with Gasteiger partial charge in [-0.05, 0) is 30.7 Å². The van der Waals surface area contributed by atoms with Crippen LogP contribution in [-0.4, -0.2) is 19.6 Å². The number of carbonyl (C=O) groups excluding carboxylic acids is 1. The highest BCUT2D eigenvalue weighted by atomic mass is 16.5. The zero-order valence-electron chi connectivity index (χ0n) is 19.9. The Morgan fingerprint density at radius 2 is 1.07 bits per heavy atom. The molecule has 0 fully saturated rings. The summed E-state index contributed by atoms with van der Waals surface area (Å²) in [6, 6.07) is 7.51. The summed E-state index contributed by atoms with van der Waals surface area (Å²) in [5.74, 6) is -0.283. The van der Waals surface area contributed by atoms with Crippen LogP contribution in [0.1, 0.15) is 126 Å². The molecule has 1 N–H and O–H groups in total. The highest BCUT2D eigenvalue weighted by molar-refractivity contribution is 5.89. The van der Waals surface area contributed by atoms with Crippen molar-refractivity contribution in [2.24, 2.45) is 0 Å². The van der Waals surface area contributed by atoms with Crippen molar-refractivity contribution in [1.82, 2.24) is 0 Å². The molecule has 0 spiro atoms. The van der Waals surface area contributed by atoms with Crippen molar-refractivity contribution in [3.63, 3.8) is 0 Å². The lowest BCUT2D eigenvalue weighted by Gasteiger charge is -2.07. The van der Waals surface area contributed by atoms with Crippen LogP contribution in [-0.2, 0) is 4.74 Å². The molecule has 0 aliphatic carbocycles. The van der Waals surface area contributed by atoms with Crippen LogP contribution in [0.25, 0.3) is 0 Å². The minimum atomic E-state index is -0.283. The molecule has 0 amide bonds. The number of methoxy groups -OCH3 is 1. The van der Waals surface area contributed by atoms with Gasteiger partial charge in [0.2, 0.25) is 0 Å². The summed E-state index contributed by atoms with van der Waals surface area (Å²) in [5.41, 5.74) is 1.67. The van der Waals surface area contributed by atoms with Crippen molar-refractivity contribution in [1.29, 1.82) is 0 Å². The number of rotatable bonds is 20. The van der Waals surface area contributed by atoms with Gasteiger partial charge in [0, 0.05) is 12.2 Å². The van der Waals surface area contributed by atoms with Crippen molar-refractivity contribution in [3.8, 4) is 0 Å². The summed E-state index contributed by atoms with van der Waals surface area (Å²) in [6.07, 6.45) is 23.9. The Bertz CT molecular complexity index is 512. The van der Waals surface area contributed by atoms with Crippen molar-refractivity contribution >= 4 is 11.7 Å². The van der Waals surface area contributed by atoms with Crippen LogP contribution < -0.4 is 5.32 Å². The van der Waals surface area contributed by atoms with E-state index in [1.807, 2.05) is 24.3 Å². The first kappa shape index (κ1) is 26.5. The summed E-state index contributed by atoms with van der Waals surface area (Å²) >= 11 is 0. The largest absolute Gasteiger partial charge is 0.465 e. The summed E-state index contributed by atoms with van der Waals surface area (Å²) in [4.78, 5) is 11.4. The number of carbonyl (C=O) groups is 1. The van der Waals surface area contributed by atoms with Gasteiger partial charge in [0.25, 0.3) is 0 Å². The predicted octanol–water partition coefficient (Wildman–Crippen LogP) is 8.54. The van der Waals surface area contributed by atoms with E-state index in [0.29, 0.717) is 5.56 Å². The van der Waals surface area contributed by atoms with Gasteiger partial charge in [-0.25, -0.2) is 4.79 Å². The average molecular weight is 418 g/mol. The second-order valence-corrected chi connectivity index (χ2v) is 8.65. The molecule has 0 aliphatic rings. The van der Waals surface area contributed by atoms with Gasteiger partial charge in [-0.2, -0.15) is 0 Å². The molecular weight excluding hydrogens is 370 g/mol. The number of nitrogens with one attached hydrogen (secondary N) is 1. The van der Waals surface area contributed by atoms with Crippen LogP contribution in [0.5, 0.6) is 0 Å². The first-order valence-corrected chi connectivity index (χ1v) is 12.7. The van der Waals surface area contributed by atoms with Crippen molar-refractivity contribution < 1.29 is 9.53 Å². The van der Waals surface area contributed by atoms with E-state index in [1.54, 1.807) is 0 Å². The predicted molar refractivity (Wildman–Crippen MR) is 130 cm³/mol. The maximum Gasteiger partial charge on any atom is 0.337 e. The monoisotopic (exact) mass is 417 g/mol. The van der Waals surface area contributed by atoms with Crippen molar-refractivity contribution in [3.05, 3.63) is 29.8 Å². The molecule has 0 atom stereocenters. The van der Waals surface area contributed by atoms with Crippen LogP contribution in [0.3, 0.4) is 0 Å². The van der Waals surface area contributed by atoms with Crippen molar-refractivity contribution in [2.45, 2.75) is 116 Å². The first-order chi connectivity index (χ1) is 14.8. The molecular formula is C27H47NO2. The third kappa shape index (κ3) is 14.5. The molecule has 3 heteroatoms. The molecule has 0 bridgehead atoms. The Morgan fingerprint density at radius 3 is 1.47 bits per heavy atom. The number of unbranched alkanes of at least 4 members (excludes halogenated alkanes) is 16. The second-order valence-electron chi connectivity index (χ2n) is 8.65. The number of benzene rings is 1. The fourth-order valence-corrected chi connectivity index (χ4v) is 3.92. The SMILES string of the molecule is CCCCCCCCCCCCCCCCCCCNc1ccc(C(=O)OC)cc1. The minimum absolute atomic E-state index is 0.283. The average Bonchev–Trinajstić information content (AvgIpc) is 2.78. The molecule has 172 valence electrons. The van der Waals surface area contributed by atoms with Gasteiger partial charge < -0.3 is 10.1 Å². The minimum Gasteiger partial charge on any atom is -0.465 e. The molecule has 0 aromatic heterocycles. The standard InChI is InChI=1S/C27H47NO2/c1-3-4-5-6-7-8-9-10-11-12-13-14-15-16-17-18-19-24-28-26-22-20-25(21-23-26)27(29)30-2/h20-23,28H,3-19,24H2,1-2H3. The number of hydrogen-bond acceptors (Lipinski definition) is 3. The van der Waals surface area contributed by atoms with Gasteiger partial charge >= 0.3 is 5.97 Å². The molecule has 0 aliphatic heterocycles. The van der Waals surface area contributed by atoms with Gasteiger partial charge in [0.15, 0.2) is 0 Å². The molecule has 1 rings (SSSR count). The molecule has 0 saturated heterocycles. The molecule has 1 aromatic carbocycles. The molecule has 0 unspecified atom stereocenters. The third-order valence-electron chi connectivity index (χ3n) is 5.92. The molecule has 1 aromatic rings. The maximum absolute atomic E-state index is 11.4. The lowest BCUT2D eigenvalue weighted by atomic mass is 10.0. The lowest BCUT2D eigenvalue weighted by Crippen LogP contribution is -2.03. The third-order valence-corrected chi connectivity index (χ3v) is 5.92. The van der Waals surface area contributed by atoms with E-state index < -0.39 is 0 Å². The van der Waals surface area contributed by atoms with E-state index in [4.69, 9.17) is 4.74 Å². The molecule has 0 saturated carbocycles. The zero-order chi connectivity index (χ0) is 21.7. The number of anilines is 1. The first-order valence-electron chi connectivity index (χ1n) is 12.7. The number of hydrogen-bond donors (Lipinski definition) is 1. The van der Waals surface area contributed by atoms with E-state index in [9.17, 15) is 4.79 Å². The smallest absolute Gasteiger partial charge is 0.337 e. The number of ether oxygens (including phenoxy) is 1. The lowest BCUT2D eigenvalue weighted by molar-refractivity contribution is 0.0601. The second kappa shape index (κ2) is 19.5. The van der Waals surface area contributed by atoms with E-state index in [2.05, 4.69) is 12.2 Å². The van der Waals surface area contributed by atoms with Crippen LogP contribution in [0.4, 0.5) is 5.69 Å². The number of esters is 1. The molecule has 30 heavy (non-hydrogen) atoms. The fourth-order valence-electron chi connectivity index (χ4n) is 3.92. The van der Waals surface area contributed by atoms with E-state index in [-0.39, 0.29) is 5.97 Å². The van der Waals surface area contributed by atoms with Crippen molar-refractivity contribution in [2.75, 3.05) is 19.0 Å². The fraction of sp³-hybridized carbons (Fsp3) is 0.741. The van der Waals surface area contributed by atoms with Crippen LogP contribution in [0, 0.1) is 0 Å². The van der Waals surface area contributed by atoms with Gasteiger partial charge in [-0.15, -0.1) is 0 Å². The molecule has 0 radical (unpaired) electrons. The normalized spacial score (nSPS) is 10.9. The summed E-state index contributed by atoms with van der Waals surface area (Å²) in [5, 5.41) is 3.43. The van der Waals surface area contributed by atoms with E-state index in [1.165, 1.54) is 116 Å². The van der Waals surface area contributed by atoms with Crippen LogP contribution in [0.15, 0.2) is 24.3 Å². The van der Waals surface area contributed by atoms with E-state index in [0.717, 1.165) is 12.2 Å². The Labute approximate surface area is 186 Å². The summed E-state index contributed by atoms with van der Waals surface area (Å²) < 4.78 is 4.72.